The van der Waals surface area contributed by atoms with Gasteiger partial charge in [-0.2, -0.15) is 0 Å². The van der Waals surface area contributed by atoms with E-state index in [1.807, 2.05) is 0 Å². The minimum Gasteiger partial charge on any atom is -0.452 e. The van der Waals surface area contributed by atoms with Gasteiger partial charge in [-0.25, -0.2) is 9.18 Å². The van der Waals surface area contributed by atoms with Crippen molar-refractivity contribution in [2.45, 2.75) is 58.8 Å². The number of amides is 2. The minimum absolute atomic E-state index is 0.0358. The van der Waals surface area contributed by atoms with Crippen molar-refractivity contribution in [2.24, 2.45) is 0 Å². The molecular formula is C19H27FN2O5. The Bertz CT molecular complexity index is 655. The summed E-state index contributed by atoms with van der Waals surface area (Å²) < 4.78 is 23.0. The molecule has 7 nitrogen and oxygen atoms in total. The number of alkyl carbamates (subject to hydrolysis) is 1. The smallest absolute Gasteiger partial charge is 0.407 e. The van der Waals surface area contributed by atoms with Gasteiger partial charge < -0.3 is 20.1 Å². The fourth-order valence-corrected chi connectivity index (χ4v) is 2.06. The molecule has 0 spiro atoms. The van der Waals surface area contributed by atoms with Crippen LogP contribution in [0.15, 0.2) is 24.3 Å². The molecule has 2 unspecified atom stereocenters. The number of esters is 1. The van der Waals surface area contributed by atoms with E-state index in [4.69, 9.17) is 9.47 Å². The average Bonchev–Trinajstić information content (AvgIpc) is 2.53. The van der Waals surface area contributed by atoms with Gasteiger partial charge in [0.05, 0.1) is 12.5 Å². The molecule has 0 aliphatic heterocycles. The second-order valence-electron chi connectivity index (χ2n) is 7.09. The van der Waals surface area contributed by atoms with Gasteiger partial charge in [0.2, 0.25) is 0 Å². The Balaban J connectivity index is 2.36. The van der Waals surface area contributed by atoms with Crippen molar-refractivity contribution in [1.29, 1.82) is 0 Å². The number of halogens is 1. The molecule has 0 aromatic heterocycles. The highest BCUT2D eigenvalue weighted by Crippen LogP contribution is 2.13. The van der Waals surface area contributed by atoms with Gasteiger partial charge in [-0.1, -0.05) is 12.1 Å². The molecule has 2 amide bonds. The number of ether oxygens (including phenoxy) is 2. The normalized spacial score (nSPS) is 13.3. The number of rotatable bonds is 7. The molecule has 1 rings (SSSR count). The summed E-state index contributed by atoms with van der Waals surface area (Å²) in [5.41, 5.74) is 0.100. The van der Waals surface area contributed by atoms with E-state index < -0.39 is 29.7 Å². The number of carbonyl (C=O) groups excluding carboxylic acids is 3. The van der Waals surface area contributed by atoms with Gasteiger partial charge in [-0.3, -0.25) is 9.59 Å². The van der Waals surface area contributed by atoms with Crippen LogP contribution in [-0.2, 0) is 19.1 Å². The molecule has 0 radical (unpaired) electrons. The zero-order valence-corrected chi connectivity index (χ0v) is 16.3. The highest BCUT2D eigenvalue weighted by molar-refractivity contribution is 5.83. The third-order valence-corrected chi connectivity index (χ3v) is 3.40. The van der Waals surface area contributed by atoms with E-state index in [1.54, 1.807) is 39.8 Å². The average molecular weight is 382 g/mol. The van der Waals surface area contributed by atoms with E-state index in [1.165, 1.54) is 19.1 Å². The molecule has 0 heterocycles. The lowest BCUT2D eigenvalue weighted by Crippen LogP contribution is -2.38. The predicted octanol–water partition coefficient (Wildman–Crippen LogP) is 2.85. The Hall–Kier alpha value is -2.64. The second-order valence-corrected chi connectivity index (χ2v) is 7.09. The number of carbonyl (C=O) groups is 3. The van der Waals surface area contributed by atoms with Gasteiger partial charge in [0, 0.05) is 6.54 Å². The highest BCUT2D eigenvalue weighted by atomic mass is 19.1. The van der Waals surface area contributed by atoms with Gasteiger partial charge in [-0.05, 0) is 52.3 Å². The van der Waals surface area contributed by atoms with Crippen LogP contribution in [0.5, 0.6) is 0 Å². The third-order valence-electron chi connectivity index (χ3n) is 3.40. The summed E-state index contributed by atoms with van der Waals surface area (Å²) in [6.45, 7) is 8.42. The standard InChI is InChI=1S/C19H27FN2O5/c1-12(14-6-8-15(20)9-7-14)22-17(24)13(2)26-16(23)10-11-21-18(25)27-19(3,4)5/h6-9,12-13H,10-11H2,1-5H3,(H,21,25)(H,22,24). The molecule has 150 valence electrons. The number of hydrogen-bond donors (Lipinski definition) is 2. The van der Waals surface area contributed by atoms with Crippen molar-refractivity contribution >= 4 is 18.0 Å². The summed E-state index contributed by atoms with van der Waals surface area (Å²) in [5.74, 6) is -1.46. The fraction of sp³-hybridized carbons (Fsp3) is 0.526. The molecule has 0 bridgehead atoms. The van der Waals surface area contributed by atoms with Crippen LogP contribution in [0.1, 0.15) is 52.6 Å². The quantitative estimate of drug-likeness (QED) is 0.707. The summed E-state index contributed by atoms with van der Waals surface area (Å²) in [6.07, 6.45) is -1.72. The Morgan fingerprint density at radius 2 is 1.70 bits per heavy atom. The molecule has 8 heteroatoms. The van der Waals surface area contributed by atoms with Crippen LogP contribution < -0.4 is 10.6 Å². The van der Waals surface area contributed by atoms with Gasteiger partial charge >= 0.3 is 12.1 Å². The first-order valence-corrected chi connectivity index (χ1v) is 8.70. The molecule has 0 aliphatic rings. The summed E-state index contributed by atoms with van der Waals surface area (Å²) in [5, 5.41) is 5.13. The summed E-state index contributed by atoms with van der Waals surface area (Å²) in [7, 11) is 0. The van der Waals surface area contributed by atoms with Crippen molar-refractivity contribution in [3.05, 3.63) is 35.6 Å². The Morgan fingerprint density at radius 1 is 1.11 bits per heavy atom. The maximum absolute atomic E-state index is 12.9. The van der Waals surface area contributed by atoms with Crippen LogP contribution in [0, 0.1) is 5.82 Å². The predicted molar refractivity (Wildman–Crippen MR) is 97.4 cm³/mol. The van der Waals surface area contributed by atoms with Crippen LogP contribution in [0.25, 0.3) is 0 Å². The maximum atomic E-state index is 12.9. The van der Waals surface area contributed by atoms with Crippen molar-refractivity contribution < 1.29 is 28.2 Å². The third kappa shape index (κ3) is 9.03. The molecule has 0 fully saturated rings. The first-order valence-electron chi connectivity index (χ1n) is 8.70. The van der Waals surface area contributed by atoms with E-state index in [2.05, 4.69) is 10.6 Å². The molecular weight excluding hydrogens is 355 g/mol. The van der Waals surface area contributed by atoms with Crippen molar-refractivity contribution in [1.82, 2.24) is 10.6 Å². The maximum Gasteiger partial charge on any atom is 0.407 e. The topological polar surface area (TPSA) is 93.7 Å². The van der Waals surface area contributed by atoms with Gasteiger partial charge in [-0.15, -0.1) is 0 Å². The van der Waals surface area contributed by atoms with Gasteiger partial charge in [0.1, 0.15) is 11.4 Å². The van der Waals surface area contributed by atoms with E-state index in [9.17, 15) is 18.8 Å². The molecule has 2 N–H and O–H groups in total. The lowest BCUT2D eigenvalue weighted by molar-refractivity contribution is -0.154. The first kappa shape index (κ1) is 22.4. The zero-order chi connectivity index (χ0) is 20.6. The van der Waals surface area contributed by atoms with Gasteiger partial charge in [0.15, 0.2) is 6.10 Å². The van der Waals surface area contributed by atoms with E-state index in [0.29, 0.717) is 0 Å². The monoisotopic (exact) mass is 382 g/mol. The lowest BCUT2D eigenvalue weighted by Gasteiger charge is -2.20. The minimum atomic E-state index is -0.998. The van der Waals surface area contributed by atoms with Crippen molar-refractivity contribution in [3.8, 4) is 0 Å². The van der Waals surface area contributed by atoms with Crippen LogP contribution in [0.4, 0.5) is 9.18 Å². The molecule has 1 aromatic carbocycles. The summed E-state index contributed by atoms with van der Waals surface area (Å²) in [6, 6.07) is 5.38. The van der Waals surface area contributed by atoms with E-state index >= 15 is 0 Å². The van der Waals surface area contributed by atoms with Crippen LogP contribution in [0.2, 0.25) is 0 Å². The first-order chi connectivity index (χ1) is 12.5. The molecule has 0 aliphatic carbocycles. The summed E-state index contributed by atoms with van der Waals surface area (Å²) in [4.78, 5) is 35.4. The highest BCUT2D eigenvalue weighted by Gasteiger charge is 2.20. The van der Waals surface area contributed by atoms with Crippen LogP contribution in [-0.4, -0.2) is 36.2 Å². The summed E-state index contributed by atoms with van der Waals surface area (Å²) >= 11 is 0. The van der Waals surface area contributed by atoms with Gasteiger partial charge in [0.25, 0.3) is 5.91 Å². The Labute approximate surface area is 158 Å². The van der Waals surface area contributed by atoms with Crippen LogP contribution >= 0.6 is 0 Å². The number of benzene rings is 1. The van der Waals surface area contributed by atoms with E-state index in [0.717, 1.165) is 5.56 Å². The van der Waals surface area contributed by atoms with E-state index in [-0.39, 0.29) is 24.8 Å². The Morgan fingerprint density at radius 3 is 2.26 bits per heavy atom. The number of nitrogens with one attached hydrogen (secondary N) is 2. The molecule has 27 heavy (non-hydrogen) atoms. The Kier molecular flexibility index (Phi) is 8.21. The number of hydrogen-bond acceptors (Lipinski definition) is 5. The van der Waals surface area contributed by atoms with Crippen molar-refractivity contribution in [3.63, 3.8) is 0 Å². The largest absolute Gasteiger partial charge is 0.452 e. The second kappa shape index (κ2) is 9.89. The van der Waals surface area contributed by atoms with Crippen molar-refractivity contribution in [2.75, 3.05) is 6.54 Å². The van der Waals surface area contributed by atoms with Crippen LogP contribution in [0.3, 0.4) is 0 Å². The zero-order valence-electron chi connectivity index (χ0n) is 16.3. The molecule has 0 saturated heterocycles. The molecule has 2 atom stereocenters. The molecule has 0 saturated carbocycles. The fourth-order valence-electron chi connectivity index (χ4n) is 2.06. The SMILES string of the molecule is CC(OC(=O)CCNC(=O)OC(C)(C)C)C(=O)NC(C)c1ccc(F)cc1. The lowest BCUT2D eigenvalue weighted by atomic mass is 10.1. The molecule has 1 aromatic rings.